The number of alkyl halides is 1. The minimum atomic E-state index is -1.24. The Morgan fingerprint density at radius 2 is 2.00 bits per heavy atom. The van der Waals surface area contributed by atoms with Gasteiger partial charge in [0.1, 0.15) is 17.7 Å². The normalized spacial score (nSPS) is 30.8. The molecule has 3 heterocycles. The Hall–Kier alpha value is -2.24. The molecule has 1 spiro atoms. The van der Waals surface area contributed by atoms with Gasteiger partial charge >= 0.3 is 5.97 Å². The van der Waals surface area contributed by atoms with Gasteiger partial charge < -0.3 is 29.7 Å². The Balaban J connectivity index is 1.91. The number of amides is 3. The van der Waals surface area contributed by atoms with E-state index in [0.717, 1.165) is 12.8 Å². The molecule has 3 aliphatic heterocycles. The number of ether oxygens (including phenoxy) is 2. The highest BCUT2D eigenvalue weighted by molar-refractivity contribution is 9.09. The van der Waals surface area contributed by atoms with Gasteiger partial charge in [0.15, 0.2) is 0 Å². The second-order valence-electron chi connectivity index (χ2n) is 11.2. The number of nitrogens with one attached hydrogen (secondary N) is 1. The summed E-state index contributed by atoms with van der Waals surface area (Å²) in [6, 6.07) is -1.77. The van der Waals surface area contributed by atoms with Gasteiger partial charge in [-0.2, -0.15) is 0 Å². The van der Waals surface area contributed by atoms with E-state index in [1.165, 1.54) is 4.90 Å². The zero-order chi connectivity index (χ0) is 29.8. The van der Waals surface area contributed by atoms with E-state index < -0.39 is 53.6 Å². The van der Waals surface area contributed by atoms with Gasteiger partial charge in [-0.1, -0.05) is 41.4 Å². The van der Waals surface area contributed by atoms with Crippen LogP contribution in [0.1, 0.15) is 59.8 Å². The fourth-order valence-corrected chi connectivity index (χ4v) is 7.38. The van der Waals surface area contributed by atoms with Gasteiger partial charge in [-0.05, 0) is 40.0 Å². The van der Waals surface area contributed by atoms with Crippen molar-refractivity contribution in [2.75, 3.05) is 19.7 Å². The lowest BCUT2D eigenvalue weighted by Gasteiger charge is -2.40. The molecule has 3 aliphatic rings. The standard InChI is InChI=1S/C29H44BrN3O7/c1-7-10-12-21(35)31-15-19(6)39-28(38)22-23-26(36)33(18(5)16-34)25(29(23)14-20(30)24(22)40-29)27(37)32(13-9-3)17(4)11-8-2/h7,9,17-20,22-25,34H,1,3,8,10-16H2,2,4-6H3,(H,31,35)/t17?,18-,19-,20?,22-,23+,24-,25-,29+/m1/s1. The zero-order valence-corrected chi connectivity index (χ0v) is 25.6. The van der Waals surface area contributed by atoms with E-state index in [1.54, 1.807) is 30.9 Å². The number of halogens is 1. The van der Waals surface area contributed by atoms with Crippen LogP contribution >= 0.6 is 15.9 Å². The maximum Gasteiger partial charge on any atom is 0.312 e. The molecule has 0 radical (unpaired) electrons. The average molecular weight is 627 g/mol. The SMILES string of the molecule is C=CCCC(=O)NC[C@@H](C)OC(=O)[C@H]1[C@@H]2O[C@@]3(CC2Br)[C@@H]1C(=O)N([C@H](C)CO)[C@@H]3C(=O)N(CC=C)C(C)CCC. The van der Waals surface area contributed by atoms with Crippen molar-refractivity contribution in [2.45, 2.75) is 101 Å². The first-order valence-electron chi connectivity index (χ1n) is 14.2. The van der Waals surface area contributed by atoms with Gasteiger partial charge in [0, 0.05) is 23.8 Å². The number of rotatable bonds is 15. The first kappa shape index (κ1) is 32.3. The van der Waals surface area contributed by atoms with Crippen molar-refractivity contribution >= 4 is 39.6 Å². The van der Waals surface area contributed by atoms with E-state index in [2.05, 4.69) is 34.4 Å². The van der Waals surface area contributed by atoms with Crippen LogP contribution in [0.4, 0.5) is 0 Å². The Labute approximate surface area is 245 Å². The van der Waals surface area contributed by atoms with Crippen LogP contribution in [0.25, 0.3) is 0 Å². The minimum absolute atomic E-state index is 0.103. The molecule has 3 saturated heterocycles. The summed E-state index contributed by atoms with van der Waals surface area (Å²) in [6.07, 6.45) is 4.87. The largest absolute Gasteiger partial charge is 0.460 e. The second kappa shape index (κ2) is 13.6. The van der Waals surface area contributed by atoms with Crippen LogP contribution in [0.3, 0.4) is 0 Å². The van der Waals surface area contributed by atoms with Gasteiger partial charge in [0.05, 0.1) is 37.1 Å². The van der Waals surface area contributed by atoms with Crippen molar-refractivity contribution in [1.29, 1.82) is 0 Å². The van der Waals surface area contributed by atoms with Crippen LogP contribution in [0.15, 0.2) is 25.3 Å². The van der Waals surface area contributed by atoms with Crippen molar-refractivity contribution in [3.05, 3.63) is 25.3 Å². The summed E-state index contributed by atoms with van der Waals surface area (Å²) >= 11 is 3.65. The van der Waals surface area contributed by atoms with E-state index >= 15 is 0 Å². The molecule has 40 heavy (non-hydrogen) atoms. The van der Waals surface area contributed by atoms with E-state index in [1.807, 2.05) is 13.8 Å². The topological polar surface area (TPSA) is 125 Å². The number of aliphatic hydroxyl groups is 1. The lowest BCUT2D eigenvalue weighted by Crippen LogP contribution is -2.59. The van der Waals surface area contributed by atoms with Crippen LogP contribution in [-0.2, 0) is 28.7 Å². The predicted octanol–water partition coefficient (Wildman–Crippen LogP) is 2.33. The van der Waals surface area contributed by atoms with E-state index in [0.29, 0.717) is 25.8 Å². The van der Waals surface area contributed by atoms with Gasteiger partial charge in [-0.15, -0.1) is 13.2 Å². The molecule has 9 atom stereocenters. The molecule has 3 fully saturated rings. The highest BCUT2D eigenvalue weighted by Gasteiger charge is 2.77. The van der Waals surface area contributed by atoms with Crippen LogP contribution in [-0.4, -0.2) is 99.1 Å². The smallest absolute Gasteiger partial charge is 0.312 e. The van der Waals surface area contributed by atoms with Crippen molar-refractivity contribution in [3.8, 4) is 0 Å². The van der Waals surface area contributed by atoms with Crippen LogP contribution in [0.5, 0.6) is 0 Å². The Morgan fingerprint density at radius 3 is 2.60 bits per heavy atom. The molecule has 10 nitrogen and oxygen atoms in total. The summed E-state index contributed by atoms with van der Waals surface area (Å²) in [6.45, 7) is 14.9. The van der Waals surface area contributed by atoms with Gasteiger partial charge in [0.2, 0.25) is 17.7 Å². The van der Waals surface area contributed by atoms with Crippen molar-refractivity contribution < 1.29 is 33.8 Å². The molecule has 0 aliphatic carbocycles. The summed E-state index contributed by atoms with van der Waals surface area (Å²) in [7, 11) is 0. The number of carbonyl (C=O) groups is 4. The number of aliphatic hydroxyl groups excluding tert-OH is 1. The monoisotopic (exact) mass is 625 g/mol. The molecular formula is C29H44BrN3O7. The second-order valence-corrected chi connectivity index (χ2v) is 12.4. The summed E-state index contributed by atoms with van der Waals surface area (Å²) in [4.78, 5) is 56.7. The minimum Gasteiger partial charge on any atom is -0.460 e. The molecule has 0 aromatic heterocycles. The molecular weight excluding hydrogens is 582 g/mol. The fraction of sp³-hybridized carbons (Fsp3) is 0.724. The zero-order valence-electron chi connectivity index (χ0n) is 24.0. The molecule has 3 rings (SSSR count). The predicted molar refractivity (Wildman–Crippen MR) is 153 cm³/mol. The maximum absolute atomic E-state index is 14.3. The number of hydrogen-bond acceptors (Lipinski definition) is 7. The number of esters is 1. The molecule has 0 saturated carbocycles. The molecule has 2 unspecified atom stereocenters. The van der Waals surface area contributed by atoms with Crippen LogP contribution in [0, 0.1) is 11.8 Å². The van der Waals surface area contributed by atoms with Gasteiger partial charge in [0.25, 0.3) is 0 Å². The van der Waals surface area contributed by atoms with Crippen LogP contribution in [0.2, 0.25) is 0 Å². The summed E-state index contributed by atoms with van der Waals surface area (Å²) < 4.78 is 12.2. The van der Waals surface area contributed by atoms with Crippen molar-refractivity contribution in [2.24, 2.45) is 11.8 Å². The van der Waals surface area contributed by atoms with E-state index in [9.17, 15) is 24.3 Å². The summed E-state index contributed by atoms with van der Waals surface area (Å²) in [5.74, 6) is -3.31. The van der Waals surface area contributed by atoms with E-state index in [4.69, 9.17) is 9.47 Å². The van der Waals surface area contributed by atoms with Crippen molar-refractivity contribution in [1.82, 2.24) is 15.1 Å². The molecule has 2 N–H and O–H groups in total. The van der Waals surface area contributed by atoms with Gasteiger partial charge in [-0.3, -0.25) is 19.2 Å². The third kappa shape index (κ3) is 6.01. The summed E-state index contributed by atoms with van der Waals surface area (Å²) in [5, 5.41) is 12.8. The summed E-state index contributed by atoms with van der Waals surface area (Å²) in [5.41, 5.74) is -1.24. The van der Waals surface area contributed by atoms with Gasteiger partial charge in [-0.25, -0.2) is 0 Å². The average Bonchev–Trinajstić information content (AvgIpc) is 3.51. The fourth-order valence-electron chi connectivity index (χ4n) is 6.43. The number of hydrogen-bond donors (Lipinski definition) is 2. The van der Waals surface area contributed by atoms with E-state index in [-0.39, 0.29) is 35.8 Å². The first-order chi connectivity index (χ1) is 19.0. The molecule has 224 valence electrons. The Bertz CT molecular complexity index is 993. The third-order valence-electron chi connectivity index (χ3n) is 8.30. The number of likely N-dealkylation sites (tertiary alicyclic amines) is 1. The molecule has 2 bridgehead atoms. The lowest BCUT2D eigenvalue weighted by atomic mass is 9.70. The first-order valence-corrected chi connectivity index (χ1v) is 15.1. The molecule has 11 heteroatoms. The highest BCUT2D eigenvalue weighted by atomic mass is 79.9. The number of allylic oxidation sites excluding steroid dienone is 1. The Kier molecular flexibility index (Phi) is 11.0. The Morgan fingerprint density at radius 1 is 1.30 bits per heavy atom. The third-order valence-corrected chi connectivity index (χ3v) is 9.14. The molecule has 0 aromatic carbocycles. The lowest BCUT2D eigenvalue weighted by molar-refractivity contribution is -0.160. The molecule has 0 aromatic rings. The number of carbonyl (C=O) groups excluding carboxylic acids is 4. The number of fused-ring (bicyclic) bond motifs is 1. The number of nitrogens with zero attached hydrogens (tertiary/aromatic N) is 2. The van der Waals surface area contributed by atoms with Crippen molar-refractivity contribution in [3.63, 3.8) is 0 Å². The van der Waals surface area contributed by atoms with Crippen LogP contribution < -0.4 is 5.32 Å². The molecule has 3 amide bonds. The quantitative estimate of drug-likeness (QED) is 0.162. The maximum atomic E-state index is 14.3. The highest BCUT2D eigenvalue weighted by Crippen LogP contribution is 2.60.